The van der Waals surface area contributed by atoms with Crippen molar-refractivity contribution in [1.82, 2.24) is 0 Å². The number of carbonyl (C=O) groups is 2. The maximum absolute atomic E-state index is 12.0. The van der Waals surface area contributed by atoms with Crippen molar-refractivity contribution in [3.8, 4) is 5.75 Å². The minimum Gasteiger partial charge on any atom is -0.493 e. The molecule has 2 N–H and O–H groups in total. The fourth-order valence-electron chi connectivity index (χ4n) is 2.66. The Kier molecular flexibility index (Phi) is 4.51. The number of ether oxygens (including phenoxy) is 1. The molecule has 2 aromatic carbocycles. The molecule has 0 saturated carbocycles. The van der Waals surface area contributed by atoms with Crippen LogP contribution in [0.2, 0.25) is 0 Å². The van der Waals surface area contributed by atoms with Gasteiger partial charge in [0.05, 0.1) is 19.4 Å². The average molecular weight is 324 g/mol. The smallest absolute Gasteiger partial charge is 0.228 e. The van der Waals surface area contributed by atoms with Crippen molar-refractivity contribution in [3.63, 3.8) is 0 Å². The van der Waals surface area contributed by atoms with E-state index in [0.717, 1.165) is 22.6 Å². The van der Waals surface area contributed by atoms with Crippen LogP contribution in [0.5, 0.6) is 5.75 Å². The number of rotatable bonds is 5. The van der Waals surface area contributed by atoms with Gasteiger partial charge in [-0.2, -0.15) is 0 Å². The highest BCUT2D eigenvalue weighted by Gasteiger charge is 2.17. The minimum absolute atomic E-state index is 0.0181. The molecule has 0 bridgehead atoms. The molecule has 2 amide bonds. The third-order valence-corrected chi connectivity index (χ3v) is 4.16. The fraction of sp³-hybridized carbons (Fsp3) is 0.263. The Labute approximate surface area is 141 Å². The molecule has 124 valence electrons. The maximum Gasteiger partial charge on any atom is 0.228 e. The normalized spacial score (nSPS) is 12.5. The van der Waals surface area contributed by atoms with Gasteiger partial charge in [0.25, 0.3) is 0 Å². The quantitative estimate of drug-likeness (QED) is 0.887. The molecule has 5 nitrogen and oxygen atoms in total. The second-order valence-electron chi connectivity index (χ2n) is 5.94. The molecule has 24 heavy (non-hydrogen) atoms. The first-order valence-corrected chi connectivity index (χ1v) is 7.94. The van der Waals surface area contributed by atoms with E-state index in [1.54, 1.807) is 6.07 Å². The first kappa shape index (κ1) is 16.1. The first-order valence-electron chi connectivity index (χ1n) is 7.94. The summed E-state index contributed by atoms with van der Waals surface area (Å²) in [6, 6.07) is 11.3. The molecule has 0 aliphatic carbocycles. The summed E-state index contributed by atoms with van der Waals surface area (Å²) in [4.78, 5) is 23.4. The molecule has 0 radical (unpaired) electrons. The molecule has 1 aliphatic heterocycles. The lowest BCUT2D eigenvalue weighted by atomic mass is 10.1. The number of nitrogens with one attached hydrogen (secondary N) is 2. The lowest BCUT2D eigenvalue weighted by Gasteiger charge is -2.11. The summed E-state index contributed by atoms with van der Waals surface area (Å²) < 4.78 is 5.70. The summed E-state index contributed by atoms with van der Waals surface area (Å²) >= 11 is 0. The molecule has 1 aliphatic rings. The number of carbonyl (C=O) groups excluding carboxylic acids is 2. The van der Waals surface area contributed by atoms with Crippen LogP contribution in [0.25, 0.3) is 0 Å². The largest absolute Gasteiger partial charge is 0.493 e. The van der Waals surface area contributed by atoms with E-state index in [4.69, 9.17) is 4.74 Å². The Bertz CT molecular complexity index is 799. The third kappa shape index (κ3) is 3.56. The molecule has 0 atom stereocenters. The summed E-state index contributed by atoms with van der Waals surface area (Å²) in [6.07, 6.45) is 0.621. The Morgan fingerprint density at radius 2 is 2.08 bits per heavy atom. The molecule has 0 aromatic heterocycles. The monoisotopic (exact) mass is 324 g/mol. The van der Waals surface area contributed by atoms with Crippen molar-refractivity contribution in [2.45, 2.75) is 26.7 Å². The van der Waals surface area contributed by atoms with E-state index in [9.17, 15) is 9.59 Å². The highest BCUT2D eigenvalue weighted by molar-refractivity contribution is 6.00. The molecular formula is C19H20N2O3. The summed E-state index contributed by atoms with van der Waals surface area (Å²) in [7, 11) is 0. The molecule has 0 unspecified atom stereocenters. The van der Waals surface area contributed by atoms with Crippen molar-refractivity contribution in [1.29, 1.82) is 0 Å². The Hall–Kier alpha value is -2.82. The van der Waals surface area contributed by atoms with Crippen LogP contribution in [0.4, 0.5) is 11.4 Å². The highest BCUT2D eigenvalue weighted by atomic mass is 16.5. The van der Waals surface area contributed by atoms with Crippen LogP contribution < -0.4 is 15.4 Å². The summed E-state index contributed by atoms with van der Waals surface area (Å²) in [6.45, 7) is 4.36. The summed E-state index contributed by atoms with van der Waals surface area (Å²) in [5.74, 6) is 0.679. The number of anilines is 2. The van der Waals surface area contributed by atoms with Crippen LogP contribution in [0.1, 0.15) is 23.1 Å². The van der Waals surface area contributed by atoms with E-state index in [1.165, 1.54) is 5.56 Å². The van der Waals surface area contributed by atoms with Gasteiger partial charge in [0.15, 0.2) is 0 Å². The molecule has 2 aromatic rings. The van der Waals surface area contributed by atoms with Gasteiger partial charge in [-0.05, 0) is 54.8 Å². The van der Waals surface area contributed by atoms with Gasteiger partial charge in [-0.1, -0.05) is 12.1 Å². The Morgan fingerprint density at radius 1 is 1.25 bits per heavy atom. The standard InChI is InChI=1S/C19H20N2O3/c1-12-4-3-5-17(13(12)2)24-9-8-18(22)20-15-6-7-16-14(10-15)11-19(23)21-16/h3-7,10H,8-9,11H2,1-2H3,(H,20,22)(H,21,23). The Balaban J connectivity index is 1.52. The van der Waals surface area contributed by atoms with Crippen molar-refractivity contribution >= 4 is 23.2 Å². The SMILES string of the molecule is Cc1cccc(OCCC(=O)Nc2ccc3c(c2)CC(=O)N3)c1C. The van der Waals surface area contributed by atoms with Gasteiger partial charge in [-0.25, -0.2) is 0 Å². The van der Waals surface area contributed by atoms with Crippen LogP contribution in [0.3, 0.4) is 0 Å². The zero-order valence-electron chi connectivity index (χ0n) is 13.8. The number of benzene rings is 2. The number of amides is 2. The lowest BCUT2D eigenvalue weighted by molar-refractivity contribution is -0.117. The van der Waals surface area contributed by atoms with E-state index in [1.807, 2.05) is 44.2 Å². The van der Waals surface area contributed by atoms with Gasteiger partial charge < -0.3 is 15.4 Å². The number of hydrogen-bond acceptors (Lipinski definition) is 3. The Morgan fingerprint density at radius 3 is 2.92 bits per heavy atom. The van der Waals surface area contributed by atoms with Gasteiger partial charge in [0, 0.05) is 11.4 Å². The molecule has 0 spiro atoms. The highest BCUT2D eigenvalue weighted by Crippen LogP contribution is 2.26. The minimum atomic E-state index is -0.113. The summed E-state index contributed by atoms with van der Waals surface area (Å²) in [5, 5.41) is 5.61. The second-order valence-corrected chi connectivity index (χ2v) is 5.94. The van der Waals surface area contributed by atoms with Crippen molar-refractivity contribution < 1.29 is 14.3 Å². The molecule has 1 heterocycles. The van der Waals surface area contributed by atoms with Gasteiger partial charge in [-0.3, -0.25) is 9.59 Å². The maximum atomic E-state index is 12.0. The number of aryl methyl sites for hydroxylation is 1. The predicted molar refractivity (Wildman–Crippen MR) is 93.4 cm³/mol. The number of fused-ring (bicyclic) bond motifs is 1. The van der Waals surface area contributed by atoms with Gasteiger partial charge in [-0.15, -0.1) is 0 Å². The topological polar surface area (TPSA) is 67.4 Å². The van der Waals surface area contributed by atoms with Crippen molar-refractivity contribution in [2.75, 3.05) is 17.2 Å². The number of hydrogen-bond donors (Lipinski definition) is 2. The van der Waals surface area contributed by atoms with Crippen LogP contribution >= 0.6 is 0 Å². The van der Waals surface area contributed by atoms with Crippen molar-refractivity contribution in [2.24, 2.45) is 0 Å². The second kappa shape index (κ2) is 6.74. The van der Waals surface area contributed by atoms with Crippen LogP contribution in [-0.4, -0.2) is 18.4 Å². The first-order chi connectivity index (χ1) is 11.5. The van der Waals surface area contributed by atoms with E-state index in [2.05, 4.69) is 10.6 Å². The van der Waals surface area contributed by atoms with Gasteiger partial charge in [0.2, 0.25) is 11.8 Å². The average Bonchev–Trinajstić information content (AvgIpc) is 2.91. The molecule has 0 fully saturated rings. The summed E-state index contributed by atoms with van der Waals surface area (Å²) in [5.41, 5.74) is 4.68. The predicted octanol–water partition coefficient (Wildman–Crippen LogP) is 3.21. The lowest BCUT2D eigenvalue weighted by Crippen LogP contribution is -2.15. The fourth-order valence-corrected chi connectivity index (χ4v) is 2.66. The van der Waals surface area contributed by atoms with Crippen LogP contribution in [0, 0.1) is 13.8 Å². The van der Waals surface area contributed by atoms with Crippen LogP contribution in [0.15, 0.2) is 36.4 Å². The zero-order valence-corrected chi connectivity index (χ0v) is 13.8. The molecule has 0 saturated heterocycles. The van der Waals surface area contributed by atoms with Crippen molar-refractivity contribution in [3.05, 3.63) is 53.1 Å². The van der Waals surface area contributed by atoms with Crippen LogP contribution in [-0.2, 0) is 16.0 Å². The van der Waals surface area contributed by atoms with E-state index in [0.29, 0.717) is 18.7 Å². The molecule has 3 rings (SSSR count). The van der Waals surface area contributed by atoms with Gasteiger partial charge in [0.1, 0.15) is 5.75 Å². The molecular weight excluding hydrogens is 304 g/mol. The van der Waals surface area contributed by atoms with E-state index in [-0.39, 0.29) is 18.2 Å². The van der Waals surface area contributed by atoms with E-state index >= 15 is 0 Å². The third-order valence-electron chi connectivity index (χ3n) is 4.16. The van der Waals surface area contributed by atoms with E-state index < -0.39 is 0 Å². The van der Waals surface area contributed by atoms with Gasteiger partial charge >= 0.3 is 0 Å². The molecule has 5 heteroatoms. The zero-order chi connectivity index (χ0) is 17.1.